The zero-order valence-electron chi connectivity index (χ0n) is 25.3. The summed E-state index contributed by atoms with van der Waals surface area (Å²) >= 11 is 0. The van der Waals surface area contributed by atoms with Crippen molar-refractivity contribution in [3.05, 3.63) is 141 Å². The highest BCUT2D eigenvalue weighted by Crippen LogP contribution is 2.26. The van der Waals surface area contributed by atoms with E-state index in [2.05, 4.69) is 9.97 Å². The summed E-state index contributed by atoms with van der Waals surface area (Å²) in [5, 5.41) is 0.0500. The number of aryl methyl sites for hydroxylation is 1. The first kappa shape index (κ1) is 32.8. The van der Waals surface area contributed by atoms with E-state index in [1.54, 1.807) is 31.2 Å². The van der Waals surface area contributed by atoms with Crippen molar-refractivity contribution in [3.8, 4) is 17.0 Å². The Hall–Kier alpha value is -4.61. The third kappa shape index (κ3) is 8.35. The lowest BCUT2D eigenvalue weighted by molar-refractivity contribution is 0.0362. The summed E-state index contributed by atoms with van der Waals surface area (Å²) < 4.78 is 68.8. The highest BCUT2D eigenvalue weighted by Gasteiger charge is 2.19. The van der Waals surface area contributed by atoms with Gasteiger partial charge in [0.25, 0.3) is 5.56 Å². The van der Waals surface area contributed by atoms with E-state index in [1.807, 2.05) is 43.3 Å². The van der Waals surface area contributed by atoms with Crippen molar-refractivity contribution in [1.82, 2.24) is 14.5 Å². The van der Waals surface area contributed by atoms with Gasteiger partial charge in [-0.25, -0.2) is 23.1 Å². The molecule has 2 aromatic heterocycles. The van der Waals surface area contributed by atoms with Gasteiger partial charge < -0.3 is 14.0 Å². The summed E-state index contributed by atoms with van der Waals surface area (Å²) in [5.41, 5.74) is 2.12. The van der Waals surface area contributed by atoms with Crippen molar-refractivity contribution in [2.75, 3.05) is 12.4 Å². The van der Waals surface area contributed by atoms with Crippen LogP contribution < -0.4 is 10.3 Å². The Labute approximate surface area is 267 Å². The van der Waals surface area contributed by atoms with Gasteiger partial charge in [-0.15, -0.1) is 0 Å². The van der Waals surface area contributed by atoms with Crippen LogP contribution in [0.4, 0.5) is 13.2 Å². The molecule has 0 spiro atoms. The maximum Gasteiger partial charge on any atom is 0.286 e. The van der Waals surface area contributed by atoms with Crippen LogP contribution in [0.2, 0.25) is 0 Å². The quantitative estimate of drug-likeness (QED) is 0.129. The van der Waals surface area contributed by atoms with Crippen LogP contribution in [-0.2, 0) is 28.7 Å². The monoisotopic (exact) mass is 647 g/mol. The molecule has 7 nitrogen and oxygen atoms in total. The van der Waals surface area contributed by atoms with Gasteiger partial charge in [0.05, 0.1) is 42.4 Å². The molecule has 5 rings (SSSR count). The largest absolute Gasteiger partial charge is 0.494 e. The maximum atomic E-state index is 14.9. The first-order valence-corrected chi connectivity index (χ1v) is 16.0. The number of nitrogens with zero attached hydrogens (tertiary/aromatic N) is 3. The van der Waals surface area contributed by atoms with E-state index >= 15 is 0 Å². The lowest BCUT2D eigenvalue weighted by Crippen LogP contribution is -2.23. The van der Waals surface area contributed by atoms with Crippen LogP contribution in [-0.4, -0.2) is 31.1 Å². The van der Waals surface area contributed by atoms with Crippen molar-refractivity contribution < 1.29 is 26.9 Å². The van der Waals surface area contributed by atoms with E-state index in [1.165, 1.54) is 22.9 Å². The Kier molecular flexibility index (Phi) is 10.8. The molecule has 0 saturated heterocycles. The molecule has 0 saturated carbocycles. The summed E-state index contributed by atoms with van der Waals surface area (Å²) in [7, 11) is -1.68. The second-order valence-electron chi connectivity index (χ2n) is 10.6. The molecule has 2 unspecified atom stereocenters. The minimum absolute atomic E-state index is 0.0500. The molecule has 0 amide bonds. The number of rotatable bonds is 13. The zero-order chi connectivity index (χ0) is 32.6. The SMILES string of the molecule is CCOc1cccc(Cn2cc(-c3cc(C)nc(S(=O)CCC(OCc4ccc(F)cc4F)c4ccccc4)n3)cc(F)c2=O)c1. The van der Waals surface area contributed by atoms with Gasteiger partial charge in [-0.2, -0.15) is 0 Å². The Morgan fingerprint density at radius 1 is 0.913 bits per heavy atom. The lowest BCUT2D eigenvalue weighted by Gasteiger charge is -2.19. The second-order valence-corrected chi connectivity index (χ2v) is 12.0. The summed E-state index contributed by atoms with van der Waals surface area (Å²) in [5.74, 6) is -1.58. The fourth-order valence-corrected chi connectivity index (χ4v) is 5.95. The molecule has 238 valence electrons. The molecule has 0 N–H and O–H groups in total. The Morgan fingerprint density at radius 3 is 2.48 bits per heavy atom. The first-order chi connectivity index (χ1) is 22.2. The zero-order valence-corrected chi connectivity index (χ0v) is 26.1. The number of hydrogen-bond acceptors (Lipinski definition) is 6. The van der Waals surface area contributed by atoms with Gasteiger partial charge in [-0.1, -0.05) is 48.5 Å². The number of aromatic nitrogens is 3. The Bertz CT molecular complexity index is 1900. The van der Waals surface area contributed by atoms with E-state index < -0.39 is 39.9 Å². The van der Waals surface area contributed by atoms with Crippen LogP contribution in [0, 0.1) is 24.4 Å². The third-order valence-electron chi connectivity index (χ3n) is 7.13. The van der Waals surface area contributed by atoms with Gasteiger partial charge >= 0.3 is 0 Å². The van der Waals surface area contributed by atoms with E-state index in [9.17, 15) is 22.2 Å². The number of hydrogen-bond donors (Lipinski definition) is 0. The third-order valence-corrected chi connectivity index (χ3v) is 8.33. The standard InChI is InChI=1S/C35H32F3N3O4S/c1-3-44-29-11-7-8-24(17-29)20-41-21-27(18-31(38)34(41)42)32-16-23(2)39-35(40-32)46(43)15-14-33(25-9-5-4-6-10-25)45-22-26-12-13-28(36)19-30(26)37/h4-13,16-19,21,33H,3,14-15,20,22H2,1-2H3. The highest BCUT2D eigenvalue weighted by atomic mass is 32.2. The molecule has 5 aromatic rings. The van der Waals surface area contributed by atoms with Crippen LogP contribution in [0.3, 0.4) is 0 Å². The molecule has 2 atom stereocenters. The first-order valence-electron chi connectivity index (χ1n) is 14.7. The van der Waals surface area contributed by atoms with Gasteiger partial charge in [0, 0.05) is 34.8 Å². The molecular formula is C35H32F3N3O4S. The average molecular weight is 648 g/mol. The van der Waals surface area contributed by atoms with Crippen molar-refractivity contribution in [3.63, 3.8) is 0 Å². The molecule has 11 heteroatoms. The van der Waals surface area contributed by atoms with E-state index in [4.69, 9.17) is 9.47 Å². The normalized spacial score (nSPS) is 12.5. The number of ether oxygens (including phenoxy) is 2. The van der Waals surface area contributed by atoms with Crippen LogP contribution in [0.15, 0.2) is 101 Å². The van der Waals surface area contributed by atoms with Crippen LogP contribution in [0.5, 0.6) is 5.75 Å². The molecule has 0 bridgehead atoms. The highest BCUT2D eigenvalue weighted by molar-refractivity contribution is 7.84. The molecule has 3 aromatic carbocycles. The predicted octanol–water partition coefficient (Wildman–Crippen LogP) is 6.93. The van der Waals surface area contributed by atoms with Gasteiger partial charge in [0.1, 0.15) is 17.4 Å². The average Bonchev–Trinajstić information content (AvgIpc) is 3.04. The van der Waals surface area contributed by atoms with Crippen LogP contribution in [0.25, 0.3) is 11.3 Å². The fourth-order valence-electron chi connectivity index (χ4n) is 4.89. The smallest absolute Gasteiger partial charge is 0.286 e. The van der Waals surface area contributed by atoms with Crippen LogP contribution >= 0.6 is 0 Å². The summed E-state index contributed by atoms with van der Waals surface area (Å²) in [6.45, 7) is 4.07. The number of pyridine rings is 1. The van der Waals surface area contributed by atoms with Crippen molar-refractivity contribution >= 4 is 10.8 Å². The molecule has 0 aliphatic rings. The molecule has 0 fully saturated rings. The summed E-state index contributed by atoms with van der Waals surface area (Å²) in [6.07, 6.45) is 1.26. The Balaban J connectivity index is 1.35. The van der Waals surface area contributed by atoms with Gasteiger partial charge in [-0.05, 0) is 61.7 Å². The van der Waals surface area contributed by atoms with Crippen LogP contribution in [0.1, 0.15) is 41.8 Å². The van der Waals surface area contributed by atoms with Crippen molar-refractivity contribution in [2.45, 2.75) is 44.7 Å². The fraction of sp³-hybridized carbons (Fsp3) is 0.229. The minimum Gasteiger partial charge on any atom is -0.494 e. The van der Waals surface area contributed by atoms with Crippen molar-refractivity contribution in [1.29, 1.82) is 0 Å². The second kappa shape index (κ2) is 15.1. The van der Waals surface area contributed by atoms with Crippen molar-refractivity contribution in [2.24, 2.45) is 0 Å². The van der Waals surface area contributed by atoms with E-state index in [0.717, 1.165) is 23.3 Å². The van der Waals surface area contributed by atoms with E-state index in [0.29, 0.717) is 29.3 Å². The molecule has 0 aliphatic carbocycles. The van der Waals surface area contributed by atoms with Gasteiger partial charge in [0.15, 0.2) is 5.82 Å². The minimum atomic E-state index is -1.68. The Morgan fingerprint density at radius 2 is 1.72 bits per heavy atom. The lowest BCUT2D eigenvalue weighted by atomic mass is 10.1. The summed E-state index contributed by atoms with van der Waals surface area (Å²) in [6, 6.07) is 22.5. The summed E-state index contributed by atoms with van der Waals surface area (Å²) in [4.78, 5) is 21.5. The molecule has 0 radical (unpaired) electrons. The van der Waals surface area contributed by atoms with E-state index in [-0.39, 0.29) is 36.0 Å². The number of benzene rings is 3. The van der Waals surface area contributed by atoms with Gasteiger partial charge in [0.2, 0.25) is 5.16 Å². The molecule has 46 heavy (non-hydrogen) atoms. The maximum absolute atomic E-state index is 14.9. The topological polar surface area (TPSA) is 83.3 Å². The van der Waals surface area contributed by atoms with Gasteiger partial charge in [-0.3, -0.25) is 9.00 Å². The number of halogens is 3. The molecular weight excluding hydrogens is 615 g/mol. The molecule has 2 heterocycles. The molecule has 0 aliphatic heterocycles. The predicted molar refractivity (Wildman–Crippen MR) is 169 cm³/mol.